The third-order valence-corrected chi connectivity index (χ3v) is 4.76. The summed E-state index contributed by atoms with van der Waals surface area (Å²) in [4.78, 5) is 6.86. The average Bonchev–Trinajstić information content (AvgIpc) is 2.79. The predicted octanol–water partition coefficient (Wildman–Crippen LogP) is 3.45. The van der Waals surface area contributed by atoms with Crippen molar-refractivity contribution in [3.8, 4) is 0 Å². The van der Waals surface area contributed by atoms with Gasteiger partial charge in [0.05, 0.1) is 0 Å². The predicted molar refractivity (Wildman–Crippen MR) is 89.8 cm³/mol. The molecule has 112 valence electrons. The Labute approximate surface area is 127 Å². The molecule has 3 nitrogen and oxygen atoms in total. The van der Waals surface area contributed by atoms with Crippen LogP contribution >= 0.6 is 0 Å². The van der Waals surface area contributed by atoms with Crippen molar-refractivity contribution in [3.05, 3.63) is 36.7 Å². The summed E-state index contributed by atoms with van der Waals surface area (Å²) in [7, 11) is 0. The summed E-state index contributed by atoms with van der Waals surface area (Å²) in [5.74, 6) is 0.707. The van der Waals surface area contributed by atoms with E-state index in [2.05, 4.69) is 53.3 Å². The van der Waals surface area contributed by atoms with Crippen LogP contribution < -0.4 is 10.2 Å². The van der Waals surface area contributed by atoms with Crippen molar-refractivity contribution in [2.45, 2.75) is 32.7 Å². The molecule has 3 heteroatoms. The zero-order valence-electron chi connectivity index (χ0n) is 13.0. The lowest BCUT2D eigenvalue weighted by Crippen LogP contribution is -2.42. The maximum absolute atomic E-state index is 4.32. The normalized spacial score (nSPS) is 21.2. The molecule has 1 aliphatic heterocycles. The molecule has 0 spiro atoms. The summed E-state index contributed by atoms with van der Waals surface area (Å²) in [6.45, 7) is 7.96. The van der Waals surface area contributed by atoms with Crippen molar-refractivity contribution < 1.29 is 0 Å². The molecule has 0 bridgehead atoms. The molecule has 2 atom stereocenters. The van der Waals surface area contributed by atoms with Crippen LogP contribution in [0, 0.1) is 5.92 Å². The van der Waals surface area contributed by atoms with Crippen LogP contribution in [-0.2, 0) is 0 Å². The Bertz CT molecular complexity index is 591. The largest absolute Gasteiger partial charge is 0.369 e. The molecule has 1 aromatic heterocycles. The number of aromatic nitrogens is 1. The molecule has 3 rings (SSSR count). The minimum Gasteiger partial charge on any atom is -0.369 e. The van der Waals surface area contributed by atoms with Crippen LogP contribution in [0.2, 0.25) is 0 Å². The lowest BCUT2D eigenvalue weighted by molar-refractivity contribution is 0.384. The second-order valence-corrected chi connectivity index (χ2v) is 6.12. The van der Waals surface area contributed by atoms with E-state index < -0.39 is 0 Å². The molecule has 1 aromatic carbocycles. The second-order valence-electron chi connectivity index (χ2n) is 6.12. The van der Waals surface area contributed by atoms with E-state index in [4.69, 9.17) is 0 Å². The summed E-state index contributed by atoms with van der Waals surface area (Å²) >= 11 is 0. The highest BCUT2D eigenvalue weighted by Gasteiger charge is 2.22. The highest BCUT2D eigenvalue weighted by atomic mass is 15.2. The molecule has 1 saturated heterocycles. The monoisotopic (exact) mass is 283 g/mol. The van der Waals surface area contributed by atoms with Crippen LogP contribution in [0.5, 0.6) is 0 Å². The number of nitrogens with zero attached hydrogens (tertiary/aromatic N) is 2. The Kier molecular flexibility index (Phi) is 4.39. The van der Waals surface area contributed by atoms with Crippen LogP contribution in [0.4, 0.5) is 5.69 Å². The first-order valence-corrected chi connectivity index (χ1v) is 8.10. The fourth-order valence-electron chi connectivity index (χ4n) is 3.21. The highest BCUT2D eigenvalue weighted by Crippen LogP contribution is 2.27. The number of benzene rings is 1. The summed E-state index contributed by atoms with van der Waals surface area (Å²) in [5.41, 5.74) is 1.33. The first-order valence-electron chi connectivity index (χ1n) is 8.10. The highest BCUT2D eigenvalue weighted by molar-refractivity contribution is 5.93. The lowest BCUT2D eigenvalue weighted by Gasteiger charge is -2.30. The first-order chi connectivity index (χ1) is 10.3. The van der Waals surface area contributed by atoms with Crippen molar-refractivity contribution in [2.24, 2.45) is 5.92 Å². The van der Waals surface area contributed by atoms with E-state index in [9.17, 15) is 0 Å². The molecule has 1 fully saturated rings. The molecular formula is C18H25N3. The Balaban J connectivity index is 1.93. The maximum atomic E-state index is 4.32. The molecule has 0 aliphatic carbocycles. The molecule has 0 radical (unpaired) electrons. The van der Waals surface area contributed by atoms with Gasteiger partial charge in [-0.05, 0) is 36.4 Å². The maximum Gasteiger partial charge on any atom is 0.0462 e. The zero-order chi connectivity index (χ0) is 14.7. The quantitative estimate of drug-likeness (QED) is 0.935. The van der Waals surface area contributed by atoms with Gasteiger partial charge in [-0.2, -0.15) is 0 Å². The Hall–Kier alpha value is -1.61. The Morgan fingerprint density at radius 1 is 1.38 bits per heavy atom. The van der Waals surface area contributed by atoms with E-state index in [1.165, 1.54) is 29.3 Å². The van der Waals surface area contributed by atoms with Crippen LogP contribution in [0.15, 0.2) is 36.7 Å². The SMILES string of the molecule is CCC(C)C1CN(c2cccc3ccncc23)CCCN1. The third kappa shape index (κ3) is 3.03. The molecule has 2 heterocycles. The van der Waals surface area contributed by atoms with Gasteiger partial charge in [0.1, 0.15) is 0 Å². The van der Waals surface area contributed by atoms with Crippen molar-refractivity contribution in [1.82, 2.24) is 10.3 Å². The van der Waals surface area contributed by atoms with Crippen molar-refractivity contribution in [1.29, 1.82) is 0 Å². The average molecular weight is 283 g/mol. The van der Waals surface area contributed by atoms with Gasteiger partial charge in [0, 0.05) is 42.6 Å². The van der Waals surface area contributed by atoms with Gasteiger partial charge in [-0.25, -0.2) is 0 Å². The Morgan fingerprint density at radius 2 is 2.29 bits per heavy atom. The summed E-state index contributed by atoms with van der Waals surface area (Å²) in [6.07, 6.45) is 6.30. The molecule has 1 N–H and O–H groups in total. The van der Waals surface area contributed by atoms with Gasteiger partial charge in [-0.15, -0.1) is 0 Å². The van der Waals surface area contributed by atoms with Gasteiger partial charge in [0.25, 0.3) is 0 Å². The van der Waals surface area contributed by atoms with E-state index in [0.29, 0.717) is 12.0 Å². The summed E-state index contributed by atoms with van der Waals surface area (Å²) in [5, 5.41) is 6.27. The molecule has 21 heavy (non-hydrogen) atoms. The van der Waals surface area contributed by atoms with Gasteiger partial charge in [0.15, 0.2) is 0 Å². The minimum atomic E-state index is 0.574. The van der Waals surface area contributed by atoms with Crippen molar-refractivity contribution >= 4 is 16.5 Å². The van der Waals surface area contributed by atoms with Crippen LogP contribution in [0.25, 0.3) is 10.8 Å². The number of rotatable bonds is 3. The van der Waals surface area contributed by atoms with Crippen LogP contribution in [0.3, 0.4) is 0 Å². The standard InChI is InChI=1S/C18H25N3/c1-3-14(2)17-13-21(11-5-9-20-17)18-7-4-6-15-8-10-19-12-16(15)18/h4,6-8,10,12,14,17,20H,3,5,9,11,13H2,1-2H3. The number of hydrogen-bond donors (Lipinski definition) is 1. The van der Waals surface area contributed by atoms with E-state index in [1.54, 1.807) is 0 Å². The van der Waals surface area contributed by atoms with Crippen molar-refractivity contribution in [2.75, 3.05) is 24.5 Å². The van der Waals surface area contributed by atoms with E-state index >= 15 is 0 Å². The summed E-state index contributed by atoms with van der Waals surface area (Å²) < 4.78 is 0. The van der Waals surface area contributed by atoms with Gasteiger partial charge in [-0.1, -0.05) is 32.4 Å². The fourth-order valence-corrected chi connectivity index (χ4v) is 3.21. The minimum absolute atomic E-state index is 0.574. The van der Waals surface area contributed by atoms with Crippen LogP contribution in [-0.4, -0.2) is 30.7 Å². The number of pyridine rings is 1. The van der Waals surface area contributed by atoms with Gasteiger partial charge in [-0.3, -0.25) is 4.98 Å². The van der Waals surface area contributed by atoms with Gasteiger partial charge >= 0.3 is 0 Å². The second kappa shape index (κ2) is 6.44. The van der Waals surface area contributed by atoms with Gasteiger partial charge < -0.3 is 10.2 Å². The molecule has 1 aliphatic rings. The van der Waals surface area contributed by atoms with E-state index in [1.807, 2.05) is 12.4 Å². The Morgan fingerprint density at radius 3 is 3.14 bits per heavy atom. The third-order valence-electron chi connectivity index (χ3n) is 4.76. The number of nitrogens with one attached hydrogen (secondary N) is 1. The number of hydrogen-bond acceptors (Lipinski definition) is 3. The fraction of sp³-hybridized carbons (Fsp3) is 0.500. The number of fused-ring (bicyclic) bond motifs is 1. The smallest absolute Gasteiger partial charge is 0.0462 e. The van der Waals surface area contributed by atoms with E-state index in [-0.39, 0.29) is 0 Å². The first kappa shape index (κ1) is 14.3. The summed E-state index contributed by atoms with van der Waals surface area (Å²) in [6, 6.07) is 9.24. The van der Waals surface area contributed by atoms with Crippen molar-refractivity contribution in [3.63, 3.8) is 0 Å². The lowest BCUT2D eigenvalue weighted by atomic mass is 9.98. The number of anilines is 1. The zero-order valence-corrected chi connectivity index (χ0v) is 13.0. The topological polar surface area (TPSA) is 28.2 Å². The van der Waals surface area contributed by atoms with Gasteiger partial charge in [0.2, 0.25) is 0 Å². The molecular weight excluding hydrogens is 258 g/mol. The van der Waals surface area contributed by atoms with E-state index in [0.717, 1.165) is 19.6 Å². The molecule has 0 amide bonds. The molecule has 0 saturated carbocycles. The molecule has 2 unspecified atom stereocenters. The van der Waals surface area contributed by atoms with Crippen LogP contribution in [0.1, 0.15) is 26.7 Å². The molecule has 2 aromatic rings.